The van der Waals surface area contributed by atoms with Crippen LogP contribution in [0.5, 0.6) is 0 Å². The second kappa shape index (κ2) is 7.77. The molecule has 1 unspecified atom stereocenters. The fraction of sp³-hybridized carbons (Fsp3) is 0.444. The zero-order valence-corrected chi connectivity index (χ0v) is 16.1. The van der Waals surface area contributed by atoms with Crippen LogP contribution in [0.25, 0.3) is 0 Å². The number of imidazole rings is 1. The van der Waals surface area contributed by atoms with E-state index in [1.54, 1.807) is 10.6 Å². The largest absolute Gasteiger partial charge is 0.334 e. The fourth-order valence-corrected chi connectivity index (χ4v) is 4.50. The number of halogens is 1. The summed E-state index contributed by atoms with van der Waals surface area (Å²) in [7, 11) is -3.76. The van der Waals surface area contributed by atoms with Crippen molar-refractivity contribution in [2.45, 2.75) is 37.8 Å². The molecule has 146 valence electrons. The van der Waals surface area contributed by atoms with E-state index in [0.717, 1.165) is 0 Å². The second-order valence-corrected chi connectivity index (χ2v) is 8.84. The molecule has 1 aliphatic heterocycles. The van der Waals surface area contributed by atoms with Crippen molar-refractivity contribution in [1.82, 2.24) is 13.9 Å². The molecular formula is C18H23FN4O3S. The summed E-state index contributed by atoms with van der Waals surface area (Å²) in [5.74, 6) is -1.25. The Morgan fingerprint density at radius 3 is 2.81 bits per heavy atom. The second-order valence-electron chi connectivity index (χ2n) is 6.95. The van der Waals surface area contributed by atoms with Gasteiger partial charge in [0, 0.05) is 31.0 Å². The number of anilines is 1. The highest BCUT2D eigenvalue weighted by Gasteiger charge is 2.34. The third-order valence-corrected chi connectivity index (χ3v) is 6.38. The number of benzene rings is 1. The van der Waals surface area contributed by atoms with Gasteiger partial charge in [0.15, 0.2) is 5.03 Å². The van der Waals surface area contributed by atoms with E-state index in [4.69, 9.17) is 0 Å². The predicted octanol–water partition coefficient (Wildman–Crippen LogP) is 2.64. The molecule has 0 radical (unpaired) electrons. The molecule has 0 bridgehead atoms. The molecule has 27 heavy (non-hydrogen) atoms. The summed E-state index contributed by atoms with van der Waals surface area (Å²) in [6, 6.07) is 5.73. The predicted molar refractivity (Wildman–Crippen MR) is 99.1 cm³/mol. The first-order chi connectivity index (χ1) is 12.8. The first kappa shape index (κ1) is 19.5. The number of rotatable bonds is 5. The molecule has 1 aliphatic rings. The van der Waals surface area contributed by atoms with Gasteiger partial charge in [-0.3, -0.25) is 4.79 Å². The highest BCUT2D eigenvalue weighted by Crippen LogP contribution is 2.24. The van der Waals surface area contributed by atoms with Gasteiger partial charge in [0.1, 0.15) is 5.82 Å². The molecule has 0 saturated carbocycles. The third kappa shape index (κ3) is 4.36. The molecule has 9 heteroatoms. The zero-order valence-electron chi connectivity index (χ0n) is 15.3. The maximum absolute atomic E-state index is 13.3. The molecule has 3 rings (SSSR count). The number of nitrogens with one attached hydrogen (secondary N) is 1. The van der Waals surface area contributed by atoms with Crippen molar-refractivity contribution in [3.63, 3.8) is 0 Å². The molecule has 1 aromatic carbocycles. The monoisotopic (exact) mass is 394 g/mol. The van der Waals surface area contributed by atoms with Crippen LogP contribution in [0, 0.1) is 11.7 Å². The lowest BCUT2D eigenvalue weighted by molar-refractivity contribution is -0.120. The van der Waals surface area contributed by atoms with E-state index in [1.165, 1.54) is 35.0 Å². The summed E-state index contributed by atoms with van der Waals surface area (Å²) < 4.78 is 42.0. The van der Waals surface area contributed by atoms with Crippen LogP contribution in [0.3, 0.4) is 0 Å². The van der Waals surface area contributed by atoms with Gasteiger partial charge in [-0.15, -0.1) is 0 Å². The Morgan fingerprint density at radius 2 is 2.15 bits per heavy atom. The highest BCUT2D eigenvalue weighted by atomic mass is 32.2. The Hall–Kier alpha value is -2.26. The van der Waals surface area contributed by atoms with Crippen molar-refractivity contribution in [3.05, 3.63) is 42.6 Å². The SMILES string of the molecule is CC(C)n1cnc(S(=O)(=O)N2CCCC(C(=O)Nc3cccc(F)c3)C2)c1. The van der Waals surface area contributed by atoms with E-state index in [0.29, 0.717) is 25.1 Å². The lowest BCUT2D eigenvalue weighted by Crippen LogP contribution is -2.43. The standard InChI is InChI=1S/C18H23FN4O3S/c1-13(2)22-11-17(20-12-22)27(25,26)23-8-4-5-14(10-23)18(24)21-16-7-3-6-15(19)9-16/h3,6-7,9,11-14H,4-5,8,10H2,1-2H3,(H,21,24). The van der Waals surface area contributed by atoms with Gasteiger partial charge >= 0.3 is 0 Å². The van der Waals surface area contributed by atoms with Crippen molar-refractivity contribution in [3.8, 4) is 0 Å². The lowest BCUT2D eigenvalue weighted by atomic mass is 9.99. The number of hydrogen-bond donors (Lipinski definition) is 1. The summed E-state index contributed by atoms with van der Waals surface area (Å²) in [5, 5.41) is 2.65. The Bertz CT molecular complexity index is 926. The van der Waals surface area contributed by atoms with E-state index >= 15 is 0 Å². The van der Waals surface area contributed by atoms with Gasteiger partial charge in [0.2, 0.25) is 5.91 Å². The molecule has 0 aliphatic carbocycles. The minimum Gasteiger partial charge on any atom is -0.334 e. The van der Waals surface area contributed by atoms with Crippen LogP contribution in [0.2, 0.25) is 0 Å². The molecule has 7 nitrogen and oxygen atoms in total. The highest BCUT2D eigenvalue weighted by molar-refractivity contribution is 7.89. The molecule has 1 aromatic heterocycles. The van der Waals surface area contributed by atoms with Gasteiger partial charge in [-0.2, -0.15) is 4.31 Å². The smallest absolute Gasteiger partial charge is 0.262 e. The number of amides is 1. The molecule has 0 spiro atoms. The van der Waals surface area contributed by atoms with Gasteiger partial charge in [0.25, 0.3) is 10.0 Å². The lowest BCUT2D eigenvalue weighted by Gasteiger charge is -2.30. The average Bonchev–Trinajstić information content (AvgIpc) is 3.13. The molecule has 1 saturated heterocycles. The van der Waals surface area contributed by atoms with E-state index < -0.39 is 21.8 Å². The van der Waals surface area contributed by atoms with Crippen LogP contribution in [0.1, 0.15) is 32.7 Å². The Labute approximate surface area is 158 Å². The zero-order chi connectivity index (χ0) is 19.6. The maximum atomic E-state index is 13.3. The number of carbonyl (C=O) groups excluding carboxylic acids is 1. The van der Waals surface area contributed by atoms with Crippen molar-refractivity contribution >= 4 is 21.6 Å². The first-order valence-electron chi connectivity index (χ1n) is 8.87. The normalized spacial score (nSPS) is 18.6. The topological polar surface area (TPSA) is 84.3 Å². The minimum atomic E-state index is -3.76. The average molecular weight is 394 g/mol. The van der Waals surface area contributed by atoms with Gasteiger partial charge in [-0.05, 0) is 44.9 Å². The summed E-state index contributed by atoms with van der Waals surface area (Å²) in [6.07, 6.45) is 4.16. The quantitative estimate of drug-likeness (QED) is 0.845. The van der Waals surface area contributed by atoms with Crippen molar-refractivity contribution in [2.24, 2.45) is 5.92 Å². The van der Waals surface area contributed by atoms with Crippen LogP contribution in [0.15, 0.2) is 41.8 Å². The van der Waals surface area contributed by atoms with Crippen molar-refractivity contribution in [2.75, 3.05) is 18.4 Å². The third-order valence-electron chi connectivity index (χ3n) is 4.63. The molecule has 2 aromatic rings. The van der Waals surface area contributed by atoms with Gasteiger partial charge < -0.3 is 9.88 Å². The molecule has 2 heterocycles. The number of carbonyl (C=O) groups is 1. The van der Waals surface area contributed by atoms with E-state index in [9.17, 15) is 17.6 Å². The number of nitrogens with zero attached hydrogens (tertiary/aromatic N) is 3. The Kier molecular flexibility index (Phi) is 5.61. The summed E-state index contributed by atoms with van der Waals surface area (Å²) in [4.78, 5) is 16.5. The van der Waals surface area contributed by atoms with Gasteiger partial charge in [-0.1, -0.05) is 6.07 Å². The Morgan fingerprint density at radius 1 is 1.37 bits per heavy atom. The van der Waals surface area contributed by atoms with Gasteiger partial charge in [0.05, 0.1) is 12.2 Å². The summed E-state index contributed by atoms with van der Waals surface area (Å²) in [5.41, 5.74) is 0.357. The minimum absolute atomic E-state index is 0.0117. The maximum Gasteiger partial charge on any atom is 0.262 e. The van der Waals surface area contributed by atoms with Crippen LogP contribution < -0.4 is 5.32 Å². The summed E-state index contributed by atoms with van der Waals surface area (Å²) in [6.45, 7) is 4.30. The first-order valence-corrected chi connectivity index (χ1v) is 10.3. The van der Waals surface area contributed by atoms with E-state index in [2.05, 4.69) is 10.3 Å². The molecular weight excluding hydrogens is 371 g/mol. The van der Waals surface area contributed by atoms with Crippen LogP contribution >= 0.6 is 0 Å². The number of sulfonamides is 1. The summed E-state index contributed by atoms with van der Waals surface area (Å²) >= 11 is 0. The molecule has 1 N–H and O–H groups in total. The molecule has 1 atom stereocenters. The van der Waals surface area contributed by atoms with Crippen LogP contribution in [0.4, 0.5) is 10.1 Å². The Balaban J connectivity index is 1.71. The number of hydrogen-bond acceptors (Lipinski definition) is 4. The number of aromatic nitrogens is 2. The number of piperidine rings is 1. The molecule has 1 amide bonds. The van der Waals surface area contributed by atoms with Crippen molar-refractivity contribution in [1.29, 1.82) is 0 Å². The fourth-order valence-electron chi connectivity index (χ4n) is 3.05. The van der Waals surface area contributed by atoms with Crippen LogP contribution in [-0.2, 0) is 14.8 Å². The van der Waals surface area contributed by atoms with Crippen molar-refractivity contribution < 1.29 is 17.6 Å². The van der Waals surface area contributed by atoms with Gasteiger partial charge in [-0.25, -0.2) is 17.8 Å². The van der Waals surface area contributed by atoms with Crippen LogP contribution in [-0.4, -0.2) is 41.3 Å². The van der Waals surface area contributed by atoms with E-state index in [-0.39, 0.29) is 23.5 Å². The molecule has 1 fully saturated rings. The van der Waals surface area contributed by atoms with E-state index in [1.807, 2.05) is 13.8 Å².